The number of para-hydroxylation sites is 1. The number of piperazine rings is 1. The molecule has 1 aliphatic rings. The van der Waals surface area contributed by atoms with Crippen molar-refractivity contribution in [2.24, 2.45) is 5.92 Å². The second-order valence-corrected chi connectivity index (χ2v) is 8.01. The van der Waals surface area contributed by atoms with E-state index in [1.54, 1.807) is 6.20 Å². The van der Waals surface area contributed by atoms with Crippen LogP contribution >= 0.6 is 0 Å². The van der Waals surface area contributed by atoms with E-state index in [1.165, 1.54) is 0 Å². The van der Waals surface area contributed by atoms with Crippen LogP contribution in [0.25, 0.3) is 11.3 Å². The summed E-state index contributed by atoms with van der Waals surface area (Å²) in [4.78, 5) is 26.1. The van der Waals surface area contributed by atoms with Gasteiger partial charge >= 0.3 is 0 Å². The summed E-state index contributed by atoms with van der Waals surface area (Å²) in [5.74, 6) is 2.72. The third kappa shape index (κ3) is 5.07. The van der Waals surface area contributed by atoms with Crippen molar-refractivity contribution < 1.29 is 9.53 Å². The number of hydrogen-bond acceptors (Lipinski definition) is 5. The number of aromatic nitrogens is 2. The predicted octanol–water partition coefficient (Wildman–Crippen LogP) is 5.02. The number of benzene rings is 2. The largest absolute Gasteiger partial charge is 0.457 e. The molecule has 1 aliphatic heterocycles. The molecule has 6 heteroatoms. The highest BCUT2D eigenvalue weighted by atomic mass is 16.5. The third-order valence-electron chi connectivity index (χ3n) is 5.98. The molecular formula is C26H30N4O2. The van der Waals surface area contributed by atoms with Crippen molar-refractivity contribution in [3.63, 3.8) is 0 Å². The Morgan fingerprint density at radius 1 is 0.906 bits per heavy atom. The smallest absolute Gasteiger partial charge is 0.225 e. The molecule has 0 unspecified atom stereocenters. The Morgan fingerprint density at radius 2 is 1.56 bits per heavy atom. The Bertz CT molecular complexity index is 1010. The summed E-state index contributed by atoms with van der Waals surface area (Å²) in [5.41, 5.74) is 1.88. The molecule has 6 nitrogen and oxygen atoms in total. The van der Waals surface area contributed by atoms with Crippen molar-refractivity contribution in [1.29, 1.82) is 0 Å². The Kier molecular flexibility index (Phi) is 7.00. The molecule has 1 saturated heterocycles. The van der Waals surface area contributed by atoms with Gasteiger partial charge < -0.3 is 14.5 Å². The lowest BCUT2D eigenvalue weighted by Crippen LogP contribution is -2.50. The van der Waals surface area contributed by atoms with E-state index < -0.39 is 0 Å². The fraction of sp³-hybridized carbons (Fsp3) is 0.346. The van der Waals surface area contributed by atoms with Gasteiger partial charge in [0.1, 0.15) is 11.5 Å². The number of carbonyl (C=O) groups is 1. The van der Waals surface area contributed by atoms with E-state index in [9.17, 15) is 4.79 Å². The normalized spacial score (nSPS) is 14.0. The Balaban J connectivity index is 1.40. The highest BCUT2D eigenvalue weighted by Gasteiger charge is 2.26. The van der Waals surface area contributed by atoms with Gasteiger partial charge in [0.05, 0.1) is 5.69 Å². The van der Waals surface area contributed by atoms with Crippen LogP contribution in [0.1, 0.15) is 26.7 Å². The molecular weight excluding hydrogens is 400 g/mol. The van der Waals surface area contributed by atoms with Crippen LogP contribution in [-0.2, 0) is 4.79 Å². The van der Waals surface area contributed by atoms with Gasteiger partial charge in [0.25, 0.3) is 0 Å². The lowest BCUT2D eigenvalue weighted by Gasteiger charge is -2.36. The maximum Gasteiger partial charge on any atom is 0.225 e. The van der Waals surface area contributed by atoms with Gasteiger partial charge in [0.2, 0.25) is 11.9 Å². The van der Waals surface area contributed by atoms with Crippen molar-refractivity contribution in [2.75, 3.05) is 31.1 Å². The molecule has 32 heavy (non-hydrogen) atoms. The van der Waals surface area contributed by atoms with Crippen LogP contribution < -0.4 is 9.64 Å². The maximum absolute atomic E-state index is 12.7. The second-order valence-electron chi connectivity index (χ2n) is 8.01. The number of anilines is 1. The van der Waals surface area contributed by atoms with E-state index in [4.69, 9.17) is 9.72 Å². The molecule has 2 heterocycles. The highest BCUT2D eigenvalue weighted by molar-refractivity contribution is 5.79. The molecule has 0 atom stereocenters. The van der Waals surface area contributed by atoms with Gasteiger partial charge in [-0.05, 0) is 55.3 Å². The van der Waals surface area contributed by atoms with Crippen molar-refractivity contribution in [3.05, 3.63) is 66.9 Å². The fourth-order valence-electron chi connectivity index (χ4n) is 4.00. The summed E-state index contributed by atoms with van der Waals surface area (Å²) in [7, 11) is 0. The number of hydrogen-bond donors (Lipinski definition) is 0. The van der Waals surface area contributed by atoms with Crippen LogP contribution in [0.2, 0.25) is 0 Å². The van der Waals surface area contributed by atoms with E-state index in [1.807, 2.05) is 65.6 Å². The SMILES string of the molecule is CCC(CC)C(=O)N1CCN(c2nccc(-c3ccc(Oc4ccccc4)cc3)n2)CC1. The number of ether oxygens (including phenoxy) is 1. The summed E-state index contributed by atoms with van der Waals surface area (Å²) < 4.78 is 5.88. The average Bonchev–Trinajstić information content (AvgIpc) is 2.86. The van der Waals surface area contributed by atoms with E-state index in [0.717, 1.165) is 48.7 Å². The molecule has 0 radical (unpaired) electrons. The molecule has 0 aliphatic carbocycles. The van der Waals surface area contributed by atoms with E-state index in [2.05, 4.69) is 23.7 Å². The summed E-state index contributed by atoms with van der Waals surface area (Å²) in [5, 5.41) is 0. The zero-order chi connectivity index (χ0) is 22.3. The Morgan fingerprint density at radius 3 is 2.22 bits per heavy atom. The molecule has 4 rings (SSSR count). The minimum Gasteiger partial charge on any atom is -0.457 e. The zero-order valence-corrected chi connectivity index (χ0v) is 18.8. The van der Waals surface area contributed by atoms with Gasteiger partial charge in [0.15, 0.2) is 0 Å². The quantitative estimate of drug-likeness (QED) is 0.527. The standard InChI is InChI=1S/C26H30N4O2/c1-3-20(4-2)25(31)29-16-18-30(19-17-29)26-27-15-14-24(28-26)21-10-12-23(13-11-21)32-22-8-6-5-7-9-22/h5-15,20H,3-4,16-19H2,1-2H3. The Labute approximate surface area is 189 Å². The first-order valence-corrected chi connectivity index (χ1v) is 11.4. The first-order chi connectivity index (χ1) is 15.7. The molecule has 0 N–H and O–H groups in total. The van der Waals surface area contributed by atoms with Crippen LogP contribution in [0.5, 0.6) is 11.5 Å². The van der Waals surface area contributed by atoms with Crippen molar-refractivity contribution in [1.82, 2.24) is 14.9 Å². The molecule has 2 aromatic carbocycles. The average molecular weight is 431 g/mol. The molecule has 0 spiro atoms. The third-order valence-corrected chi connectivity index (χ3v) is 5.98. The highest BCUT2D eigenvalue weighted by Crippen LogP contribution is 2.26. The molecule has 0 bridgehead atoms. The molecule has 166 valence electrons. The number of carbonyl (C=O) groups excluding carboxylic acids is 1. The lowest BCUT2D eigenvalue weighted by molar-refractivity contribution is -0.136. The summed E-state index contributed by atoms with van der Waals surface area (Å²) in [6, 6.07) is 19.6. The minimum atomic E-state index is 0.134. The topological polar surface area (TPSA) is 58.6 Å². The number of rotatable bonds is 7. The van der Waals surface area contributed by atoms with Crippen LogP contribution in [0.4, 0.5) is 5.95 Å². The second kappa shape index (κ2) is 10.3. The van der Waals surface area contributed by atoms with Gasteiger partial charge in [-0.15, -0.1) is 0 Å². The van der Waals surface area contributed by atoms with Crippen LogP contribution in [0.15, 0.2) is 66.9 Å². The molecule has 0 saturated carbocycles. The van der Waals surface area contributed by atoms with Crippen LogP contribution in [0.3, 0.4) is 0 Å². The van der Waals surface area contributed by atoms with E-state index >= 15 is 0 Å². The van der Waals surface area contributed by atoms with E-state index in [-0.39, 0.29) is 11.8 Å². The summed E-state index contributed by atoms with van der Waals surface area (Å²) in [6.07, 6.45) is 3.60. The molecule has 3 aromatic rings. The maximum atomic E-state index is 12.7. The van der Waals surface area contributed by atoms with Crippen LogP contribution in [-0.4, -0.2) is 47.0 Å². The van der Waals surface area contributed by atoms with Gasteiger partial charge in [0, 0.05) is 43.9 Å². The van der Waals surface area contributed by atoms with Crippen molar-refractivity contribution in [3.8, 4) is 22.8 Å². The lowest BCUT2D eigenvalue weighted by atomic mass is 10.0. The van der Waals surface area contributed by atoms with Gasteiger partial charge in [-0.1, -0.05) is 32.0 Å². The number of amides is 1. The first kappa shape index (κ1) is 21.8. The molecule has 1 amide bonds. The van der Waals surface area contributed by atoms with Gasteiger partial charge in [-0.2, -0.15) is 0 Å². The minimum absolute atomic E-state index is 0.134. The van der Waals surface area contributed by atoms with Crippen LogP contribution in [0, 0.1) is 5.92 Å². The predicted molar refractivity (Wildman–Crippen MR) is 127 cm³/mol. The summed E-state index contributed by atoms with van der Waals surface area (Å²) in [6.45, 7) is 7.10. The number of nitrogens with zero attached hydrogens (tertiary/aromatic N) is 4. The molecule has 1 fully saturated rings. The zero-order valence-electron chi connectivity index (χ0n) is 18.8. The van der Waals surface area contributed by atoms with Crippen molar-refractivity contribution in [2.45, 2.75) is 26.7 Å². The van der Waals surface area contributed by atoms with E-state index in [0.29, 0.717) is 19.0 Å². The molecule has 1 aromatic heterocycles. The first-order valence-electron chi connectivity index (χ1n) is 11.4. The fourth-order valence-corrected chi connectivity index (χ4v) is 4.00. The van der Waals surface area contributed by atoms with Crippen molar-refractivity contribution >= 4 is 11.9 Å². The summed E-state index contributed by atoms with van der Waals surface area (Å²) >= 11 is 0. The van der Waals surface area contributed by atoms with Gasteiger partial charge in [-0.3, -0.25) is 4.79 Å². The Hall–Kier alpha value is -3.41. The van der Waals surface area contributed by atoms with Gasteiger partial charge in [-0.25, -0.2) is 9.97 Å². The monoisotopic (exact) mass is 430 g/mol.